The molecule has 1 aliphatic rings. The quantitative estimate of drug-likeness (QED) is 0.915. The molecule has 2 aromatic carbocycles. The Kier molecular flexibility index (Phi) is 4.14. The Hall–Kier alpha value is -1.64. The maximum Gasteiger partial charge on any atom is 0.0986 e. The molecule has 0 aliphatic carbocycles. The minimum absolute atomic E-state index is 0.0566. The first-order valence-corrected chi connectivity index (χ1v) is 7.38. The molecule has 1 saturated heterocycles. The summed E-state index contributed by atoms with van der Waals surface area (Å²) in [6, 6.07) is 20.4. The number of aliphatic hydroxyl groups excluding tert-OH is 1. The zero-order valence-electron chi connectivity index (χ0n) is 11.7. The van der Waals surface area contributed by atoms with Gasteiger partial charge in [0.25, 0.3) is 0 Å². The van der Waals surface area contributed by atoms with Crippen molar-refractivity contribution in [1.82, 2.24) is 4.90 Å². The van der Waals surface area contributed by atoms with Gasteiger partial charge >= 0.3 is 0 Å². The average molecular weight is 267 g/mol. The molecular weight excluding hydrogens is 246 g/mol. The summed E-state index contributed by atoms with van der Waals surface area (Å²) < 4.78 is 0. The van der Waals surface area contributed by atoms with Gasteiger partial charge in [-0.05, 0) is 37.1 Å². The Bertz CT molecular complexity index is 520. The molecule has 0 unspecified atom stereocenters. The van der Waals surface area contributed by atoms with Crippen LogP contribution >= 0.6 is 0 Å². The summed E-state index contributed by atoms with van der Waals surface area (Å²) in [6.07, 6.45) is 1.98. The number of rotatable bonds is 4. The second kappa shape index (κ2) is 6.21. The first kappa shape index (κ1) is 13.3. The maximum absolute atomic E-state index is 10.9. The second-order valence-corrected chi connectivity index (χ2v) is 5.45. The smallest absolute Gasteiger partial charge is 0.0986 e. The number of hydrogen-bond acceptors (Lipinski definition) is 2. The van der Waals surface area contributed by atoms with Crippen LogP contribution in [0.25, 0.3) is 0 Å². The molecule has 2 aromatic rings. The Morgan fingerprint density at radius 3 is 1.80 bits per heavy atom. The number of nitrogens with zero attached hydrogens (tertiary/aromatic N) is 1. The molecule has 104 valence electrons. The predicted molar refractivity (Wildman–Crippen MR) is 81.4 cm³/mol. The van der Waals surface area contributed by atoms with E-state index < -0.39 is 6.10 Å². The molecule has 1 N–H and O–H groups in total. The highest BCUT2D eigenvalue weighted by molar-refractivity contribution is 5.26. The summed E-state index contributed by atoms with van der Waals surface area (Å²) in [7, 11) is 0. The van der Waals surface area contributed by atoms with Gasteiger partial charge in [0.15, 0.2) is 0 Å². The lowest BCUT2D eigenvalue weighted by molar-refractivity contribution is 0.0607. The van der Waals surface area contributed by atoms with Crippen molar-refractivity contribution in [2.75, 3.05) is 13.1 Å². The molecule has 0 radical (unpaired) electrons. The summed E-state index contributed by atoms with van der Waals surface area (Å²) in [5.74, 6) is 0. The van der Waals surface area contributed by atoms with E-state index in [2.05, 4.69) is 29.2 Å². The summed E-state index contributed by atoms with van der Waals surface area (Å²) in [6.45, 7) is 2.15. The Balaban J connectivity index is 1.93. The van der Waals surface area contributed by atoms with Crippen molar-refractivity contribution in [3.8, 4) is 0 Å². The van der Waals surface area contributed by atoms with Crippen LogP contribution in [0.5, 0.6) is 0 Å². The molecule has 2 nitrogen and oxygen atoms in total. The Morgan fingerprint density at radius 2 is 1.25 bits per heavy atom. The zero-order chi connectivity index (χ0) is 13.8. The average Bonchev–Trinajstić information content (AvgIpc) is 3.03. The summed E-state index contributed by atoms with van der Waals surface area (Å²) >= 11 is 0. The number of hydrogen-bond donors (Lipinski definition) is 1. The van der Waals surface area contributed by atoms with Crippen molar-refractivity contribution < 1.29 is 5.11 Å². The van der Waals surface area contributed by atoms with Gasteiger partial charge in [-0.1, -0.05) is 60.7 Å². The third kappa shape index (κ3) is 2.77. The monoisotopic (exact) mass is 267 g/mol. The highest BCUT2D eigenvalue weighted by Crippen LogP contribution is 2.35. The molecule has 20 heavy (non-hydrogen) atoms. The van der Waals surface area contributed by atoms with Gasteiger partial charge in [-0.15, -0.1) is 0 Å². The minimum atomic E-state index is -0.475. The van der Waals surface area contributed by atoms with Crippen molar-refractivity contribution in [3.05, 3.63) is 71.8 Å². The SMILES string of the molecule is O[C@H](c1ccccc1)[C@H](c1ccccc1)N1CCCC1. The lowest BCUT2D eigenvalue weighted by atomic mass is 9.94. The largest absolute Gasteiger partial charge is 0.386 e. The highest BCUT2D eigenvalue weighted by Gasteiger charge is 2.30. The van der Waals surface area contributed by atoms with Gasteiger partial charge in [0.2, 0.25) is 0 Å². The Labute approximate surface area is 120 Å². The fourth-order valence-electron chi connectivity index (χ4n) is 3.10. The third-order valence-corrected chi connectivity index (χ3v) is 4.12. The van der Waals surface area contributed by atoms with E-state index in [1.165, 1.54) is 18.4 Å². The number of benzene rings is 2. The van der Waals surface area contributed by atoms with Gasteiger partial charge < -0.3 is 5.11 Å². The van der Waals surface area contributed by atoms with Gasteiger partial charge in [0.05, 0.1) is 12.1 Å². The van der Waals surface area contributed by atoms with E-state index in [1.807, 2.05) is 36.4 Å². The van der Waals surface area contributed by atoms with Crippen LogP contribution in [-0.2, 0) is 0 Å². The van der Waals surface area contributed by atoms with E-state index in [-0.39, 0.29) is 6.04 Å². The summed E-state index contributed by atoms with van der Waals surface area (Å²) in [5.41, 5.74) is 2.19. The van der Waals surface area contributed by atoms with Crippen LogP contribution in [0.1, 0.15) is 36.1 Å². The van der Waals surface area contributed by atoms with Crippen molar-refractivity contribution >= 4 is 0 Å². The first-order chi connectivity index (χ1) is 9.86. The van der Waals surface area contributed by atoms with E-state index in [1.54, 1.807) is 0 Å². The lowest BCUT2D eigenvalue weighted by Gasteiger charge is -2.32. The van der Waals surface area contributed by atoms with Gasteiger partial charge in [-0.2, -0.15) is 0 Å². The topological polar surface area (TPSA) is 23.5 Å². The van der Waals surface area contributed by atoms with Crippen molar-refractivity contribution in [3.63, 3.8) is 0 Å². The van der Waals surface area contributed by atoms with E-state index >= 15 is 0 Å². The van der Waals surface area contributed by atoms with Crippen LogP contribution < -0.4 is 0 Å². The fourth-order valence-corrected chi connectivity index (χ4v) is 3.10. The zero-order valence-corrected chi connectivity index (χ0v) is 11.7. The fraction of sp³-hybridized carbons (Fsp3) is 0.333. The van der Waals surface area contributed by atoms with Gasteiger partial charge in [0, 0.05) is 0 Å². The molecule has 1 heterocycles. The first-order valence-electron chi connectivity index (χ1n) is 7.38. The molecule has 0 bridgehead atoms. The van der Waals surface area contributed by atoms with Crippen molar-refractivity contribution in [2.45, 2.75) is 25.0 Å². The number of likely N-dealkylation sites (tertiary alicyclic amines) is 1. The molecule has 1 fully saturated rings. The van der Waals surface area contributed by atoms with Crippen LogP contribution in [0, 0.1) is 0 Å². The lowest BCUT2D eigenvalue weighted by Crippen LogP contribution is -2.30. The van der Waals surface area contributed by atoms with E-state index in [0.717, 1.165) is 18.7 Å². The van der Waals surface area contributed by atoms with Crippen LogP contribution in [-0.4, -0.2) is 23.1 Å². The van der Waals surface area contributed by atoms with Crippen LogP contribution in [0.3, 0.4) is 0 Å². The minimum Gasteiger partial charge on any atom is -0.386 e. The molecule has 0 spiro atoms. The molecule has 0 saturated carbocycles. The summed E-state index contributed by atoms with van der Waals surface area (Å²) in [4.78, 5) is 2.41. The second-order valence-electron chi connectivity index (χ2n) is 5.45. The maximum atomic E-state index is 10.9. The molecular formula is C18H21NO. The molecule has 2 atom stereocenters. The van der Waals surface area contributed by atoms with Gasteiger partial charge in [-0.3, -0.25) is 4.90 Å². The summed E-state index contributed by atoms with van der Waals surface area (Å²) in [5, 5.41) is 10.9. The van der Waals surface area contributed by atoms with Crippen molar-refractivity contribution in [2.24, 2.45) is 0 Å². The van der Waals surface area contributed by atoms with Crippen LogP contribution in [0.2, 0.25) is 0 Å². The van der Waals surface area contributed by atoms with Gasteiger partial charge in [-0.25, -0.2) is 0 Å². The van der Waals surface area contributed by atoms with E-state index in [9.17, 15) is 5.11 Å². The molecule has 1 aliphatic heterocycles. The molecule has 0 aromatic heterocycles. The number of aliphatic hydroxyl groups is 1. The Morgan fingerprint density at radius 1 is 0.750 bits per heavy atom. The third-order valence-electron chi connectivity index (χ3n) is 4.12. The molecule has 3 rings (SSSR count). The van der Waals surface area contributed by atoms with Crippen LogP contribution in [0.4, 0.5) is 0 Å². The normalized spacial score (nSPS) is 18.9. The van der Waals surface area contributed by atoms with E-state index in [0.29, 0.717) is 0 Å². The van der Waals surface area contributed by atoms with Crippen molar-refractivity contribution in [1.29, 1.82) is 0 Å². The van der Waals surface area contributed by atoms with Gasteiger partial charge in [0.1, 0.15) is 0 Å². The molecule has 2 heteroatoms. The van der Waals surface area contributed by atoms with Crippen LogP contribution in [0.15, 0.2) is 60.7 Å². The molecule has 0 amide bonds. The standard InChI is InChI=1S/C18H21NO/c20-18(16-11-5-2-6-12-16)17(19-13-7-8-14-19)15-9-3-1-4-10-15/h1-6,9-12,17-18,20H,7-8,13-14H2/t17-,18+/m0/s1. The highest BCUT2D eigenvalue weighted by atomic mass is 16.3. The van der Waals surface area contributed by atoms with E-state index in [4.69, 9.17) is 0 Å². The predicted octanol–water partition coefficient (Wildman–Crippen LogP) is 3.56.